The van der Waals surface area contributed by atoms with E-state index in [4.69, 9.17) is 9.90 Å². The number of amides is 1. The molecular weight excluding hydrogens is 282 g/mol. The van der Waals surface area contributed by atoms with Crippen LogP contribution in [-0.4, -0.2) is 27.0 Å². The number of nitrogens with zero attached hydrogens (tertiary/aromatic N) is 1. The molecule has 0 atom stereocenters. The largest absolute Gasteiger partial charge is 0.465 e. The van der Waals surface area contributed by atoms with Crippen molar-refractivity contribution in [3.05, 3.63) is 65.5 Å². The normalized spacial score (nSPS) is 9.86. The van der Waals surface area contributed by atoms with Crippen LogP contribution in [0.2, 0.25) is 0 Å². The van der Waals surface area contributed by atoms with E-state index in [-0.39, 0.29) is 5.78 Å². The number of benzene rings is 2. The molecule has 0 spiro atoms. The molecule has 1 aromatic heterocycles. The molecule has 0 bridgehead atoms. The fourth-order valence-corrected chi connectivity index (χ4v) is 2.03. The van der Waals surface area contributed by atoms with Crippen molar-refractivity contribution in [3.8, 4) is 0 Å². The number of aromatic amines is 1. The maximum Gasteiger partial charge on any atom is 0.402 e. The maximum atomic E-state index is 12.3. The number of nitrogens with one attached hydrogen (secondary N) is 1. The van der Waals surface area contributed by atoms with E-state index in [0.29, 0.717) is 11.1 Å². The molecule has 112 valence electrons. The molecule has 3 aromatic rings. The van der Waals surface area contributed by atoms with E-state index in [1.807, 2.05) is 55.5 Å². The summed E-state index contributed by atoms with van der Waals surface area (Å²) >= 11 is 0. The van der Waals surface area contributed by atoms with Crippen LogP contribution in [0.4, 0.5) is 4.79 Å². The summed E-state index contributed by atoms with van der Waals surface area (Å²) < 4.78 is 0. The highest BCUT2D eigenvalue weighted by Gasteiger charge is 2.10. The summed E-state index contributed by atoms with van der Waals surface area (Å²) in [5.41, 5.74) is 7.19. The predicted molar refractivity (Wildman–Crippen MR) is 82.9 cm³/mol. The average molecular weight is 297 g/mol. The van der Waals surface area contributed by atoms with Crippen LogP contribution in [0.15, 0.2) is 48.5 Å². The highest BCUT2D eigenvalue weighted by atomic mass is 16.4. The van der Waals surface area contributed by atoms with E-state index in [2.05, 4.69) is 15.7 Å². The molecule has 0 saturated carbocycles. The number of imidazole rings is 1. The van der Waals surface area contributed by atoms with E-state index in [9.17, 15) is 4.79 Å². The Balaban J connectivity index is 0.000000396. The number of H-pyrrole nitrogens is 1. The molecule has 1 heterocycles. The van der Waals surface area contributed by atoms with E-state index >= 15 is 0 Å². The topological polar surface area (TPSA) is 109 Å². The summed E-state index contributed by atoms with van der Waals surface area (Å²) in [6.45, 7) is 1.90. The molecule has 0 aliphatic heterocycles. The highest BCUT2D eigenvalue weighted by Crippen LogP contribution is 2.16. The van der Waals surface area contributed by atoms with E-state index in [0.717, 1.165) is 16.9 Å². The number of fused-ring (bicyclic) bond motifs is 1. The Morgan fingerprint density at radius 1 is 1.09 bits per heavy atom. The van der Waals surface area contributed by atoms with Gasteiger partial charge >= 0.3 is 6.09 Å². The van der Waals surface area contributed by atoms with Crippen LogP contribution in [0.1, 0.15) is 21.7 Å². The smallest absolute Gasteiger partial charge is 0.402 e. The number of aromatic nitrogens is 2. The standard InChI is InChI=1S/C15H12N2O.CH3NO2/c1-10-16-13-8-7-12(9-14(13)17-10)15(18)11-5-3-2-4-6-11;2-1(3)4/h2-9H,1H3,(H,16,17);2H2,(H,3,4). The van der Waals surface area contributed by atoms with Gasteiger partial charge in [0.05, 0.1) is 11.0 Å². The van der Waals surface area contributed by atoms with Gasteiger partial charge in [0, 0.05) is 11.1 Å². The summed E-state index contributed by atoms with van der Waals surface area (Å²) in [6.07, 6.45) is -1.33. The molecule has 1 amide bonds. The van der Waals surface area contributed by atoms with Crippen LogP contribution in [-0.2, 0) is 0 Å². The fourth-order valence-electron chi connectivity index (χ4n) is 2.03. The molecule has 22 heavy (non-hydrogen) atoms. The third-order valence-electron chi connectivity index (χ3n) is 2.90. The van der Waals surface area contributed by atoms with Crippen LogP contribution in [0.5, 0.6) is 0 Å². The number of nitrogens with two attached hydrogens (primary N) is 1. The Hall–Kier alpha value is -3.15. The molecule has 0 saturated heterocycles. The van der Waals surface area contributed by atoms with Crippen LogP contribution in [0.25, 0.3) is 11.0 Å². The minimum atomic E-state index is -1.33. The lowest BCUT2D eigenvalue weighted by Gasteiger charge is -2.00. The van der Waals surface area contributed by atoms with Gasteiger partial charge in [0.25, 0.3) is 0 Å². The second-order valence-corrected chi connectivity index (χ2v) is 4.59. The van der Waals surface area contributed by atoms with E-state index in [1.54, 1.807) is 0 Å². The van der Waals surface area contributed by atoms with Crippen molar-refractivity contribution in [1.29, 1.82) is 0 Å². The molecule has 4 N–H and O–H groups in total. The Morgan fingerprint density at radius 2 is 1.73 bits per heavy atom. The van der Waals surface area contributed by atoms with Crippen LogP contribution in [0.3, 0.4) is 0 Å². The van der Waals surface area contributed by atoms with Crippen molar-refractivity contribution in [1.82, 2.24) is 9.97 Å². The van der Waals surface area contributed by atoms with Gasteiger partial charge in [0.15, 0.2) is 5.78 Å². The minimum absolute atomic E-state index is 0.0322. The van der Waals surface area contributed by atoms with Crippen molar-refractivity contribution in [3.63, 3.8) is 0 Å². The molecule has 0 unspecified atom stereocenters. The summed E-state index contributed by atoms with van der Waals surface area (Å²) in [4.78, 5) is 28.5. The SMILES string of the molecule is Cc1nc2ccc(C(=O)c3ccccc3)cc2[nH]1.NC(=O)O. The van der Waals surface area contributed by atoms with Gasteiger partial charge in [-0.15, -0.1) is 0 Å². The maximum absolute atomic E-state index is 12.3. The van der Waals surface area contributed by atoms with Crippen LogP contribution in [0, 0.1) is 6.92 Å². The number of ketones is 1. The molecule has 0 radical (unpaired) electrons. The van der Waals surface area contributed by atoms with Gasteiger partial charge in [0.1, 0.15) is 5.82 Å². The second-order valence-electron chi connectivity index (χ2n) is 4.59. The minimum Gasteiger partial charge on any atom is -0.465 e. The van der Waals surface area contributed by atoms with Gasteiger partial charge in [-0.25, -0.2) is 9.78 Å². The van der Waals surface area contributed by atoms with Crippen LogP contribution < -0.4 is 5.73 Å². The number of aryl methyl sites for hydroxylation is 1. The molecule has 2 aromatic carbocycles. The fraction of sp³-hybridized carbons (Fsp3) is 0.0625. The molecule has 0 aliphatic rings. The first kappa shape index (κ1) is 15.2. The lowest BCUT2D eigenvalue weighted by molar-refractivity contribution is 0.103. The van der Waals surface area contributed by atoms with Gasteiger partial charge in [-0.2, -0.15) is 0 Å². The van der Waals surface area contributed by atoms with Gasteiger partial charge < -0.3 is 15.8 Å². The molecule has 6 heteroatoms. The van der Waals surface area contributed by atoms with Crippen molar-refractivity contribution in [2.45, 2.75) is 6.92 Å². The number of carbonyl (C=O) groups excluding carboxylic acids is 1. The first-order valence-electron chi connectivity index (χ1n) is 6.52. The summed E-state index contributed by atoms with van der Waals surface area (Å²) in [6, 6.07) is 14.8. The zero-order chi connectivity index (χ0) is 16.1. The van der Waals surface area contributed by atoms with Crippen molar-refractivity contribution >= 4 is 22.9 Å². The van der Waals surface area contributed by atoms with E-state index < -0.39 is 6.09 Å². The van der Waals surface area contributed by atoms with Gasteiger partial charge in [-0.1, -0.05) is 30.3 Å². The summed E-state index contributed by atoms with van der Waals surface area (Å²) in [7, 11) is 0. The number of hydrogen-bond donors (Lipinski definition) is 3. The second kappa shape index (κ2) is 6.53. The Morgan fingerprint density at radius 3 is 2.36 bits per heavy atom. The number of rotatable bonds is 2. The molecular formula is C16H15N3O3. The van der Waals surface area contributed by atoms with E-state index in [1.165, 1.54) is 0 Å². The third kappa shape index (κ3) is 3.69. The zero-order valence-electron chi connectivity index (χ0n) is 11.9. The quantitative estimate of drug-likeness (QED) is 0.632. The summed E-state index contributed by atoms with van der Waals surface area (Å²) in [5.74, 6) is 0.888. The first-order valence-corrected chi connectivity index (χ1v) is 6.52. The van der Waals surface area contributed by atoms with Gasteiger partial charge in [-0.3, -0.25) is 4.79 Å². The number of primary amides is 1. The molecule has 3 rings (SSSR count). The highest BCUT2D eigenvalue weighted by molar-refractivity contribution is 6.10. The van der Waals surface area contributed by atoms with Crippen molar-refractivity contribution in [2.75, 3.05) is 0 Å². The number of hydrogen-bond acceptors (Lipinski definition) is 3. The Labute approximate surface area is 126 Å². The Bertz CT molecular complexity index is 806. The van der Waals surface area contributed by atoms with Crippen LogP contribution >= 0.6 is 0 Å². The van der Waals surface area contributed by atoms with Gasteiger partial charge in [-0.05, 0) is 25.1 Å². The first-order chi connectivity index (χ1) is 10.5. The average Bonchev–Trinajstić information content (AvgIpc) is 2.86. The van der Waals surface area contributed by atoms with Crippen molar-refractivity contribution < 1.29 is 14.7 Å². The third-order valence-corrected chi connectivity index (χ3v) is 2.90. The molecule has 0 fully saturated rings. The zero-order valence-corrected chi connectivity index (χ0v) is 11.9. The summed E-state index contributed by atoms with van der Waals surface area (Å²) in [5, 5.41) is 7.19. The monoisotopic (exact) mass is 297 g/mol. The van der Waals surface area contributed by atoms with Gasteiger partial charge in [0.2, 0.25) is 0 Å². The molecule has 6 nitrogen and oxygen atoms in total. The number of carbonyl (C=O) groups is 2. The lowest BCUT2D eigenvalue weighted by Crippen LogP contribution is -2.03. The Kier molecular flexibility index (Phi) is 4.53. The lowest BCUT2D eigenvalue weighted by atomic mass is 10.0. The molecule has 0 aliphatic carbocycles. The van der Waals surface area contributed by atoms with Crippen molar-refractivity contribution in [2.24, 2.45) is 5.73 Å². The number of carboxylic acid groups (broad SMARTS) is 1. The predicted octanol–water partition coefficient (Wildman–Crippen LogP) is 2.73.